The number of carbonyl (C=O) groups is 3. The van der Waals surface area contributed by atoms with Gasteiger partial charge in [-0.25, -0.2) is 9.18 Å². The first-order chi connectivity index (χ1) is 21.4. The van der Waals surface area contributed by atoms with Crippen LogP contribution < -0.4 is 15.4 Å². The molecule has 3 aromatic rings. The van der Waals surface area contributed by atoms with Gasteiger partial charge in [-0.1, -0.05) is 87.5 Å². The normalized spacial score (nSPS) is 14.2. The van der Waals surface area contributed by atoms with Crippen LogP contribution in [0.5, 0.6) is 11.5 Å². The van der Waals surface area contributed by atoms with Crippen LogP contribution in [0.4, 0.5) is 4.39 Å². The Hall–Kier alpha value is -4.50. The van der Waals surface area contributed by atoms with Crippen LogP contribution in [0.1, 0.15) is 58.2 Å². The highest BCUT2D eigenvalue weighted by Crippen LogP contribution is 2.27. The molecule has 0 aliphatic heterocycles. The average Bonchev–Trinajstić information content (AvgIpc) is 3.02. The lowest BCUT2D eigenvalue weighted by molar-refractivity contribution is -0.161. The number of allylic oxidation sites excluding steroid dienone is 1. The first-order valence-corrected chi connectivity index (χ1v) is 15.0. The molecule has 3 aromatic carbocycles. The zero-order valence-corrected chi connectivity index (χ0v) is 26.7. The molecule has 0 saturated heterocycles. The van der Waals surface area contributed by atoms with Crippen LogP contribution in [-0.4, -0.2) is 43.6 Å². The van der Waals surface area contributed by atoms with Gasteiger partial charge in [0, 0.05) is 6.61 Å². The van der Waals surface area contributed by atoms with E-state index in [0.717, 1.165) is 5.56 Å². The van der Waals surface area contributed by atoms with Crippen LogP contribution in [0.15, 0.2) is 84.9 Å². The largest absolute Gasteiger partial charge is 0.467 e. The lowest BCUT2D eigenvalue weighted by Gasteiger charge is -2.33. The summed E-state index contributed by atoms with van der Waals surface area (Å²) in [4.78, 5) is 40.0. The Bertz CT molecular complexity index is 1440. The van der Waals surface area contributed by atoms with E-state index < -0.39 is 41.2 Å². The molecule has 0 saturated carbocycles. The molecule has 2 N–H and O–H groups in total. The Labute approximate surface area is 265 Å². The van der Waals surface area contributed by atoms with E-state index in [1.54, 1.807) is 49.4 Å². The first kappa shape index (κ1) is 35.0. The fourth-order valence-corrected chi connectivity index (χ4v) is 4.73. The maximum atomic E-state index is 14.8. The van der Waals surface area contributed by atoms with E-state index in [4.69, 9.17) is 14.2 Å². The number of benzene rings is 3. The van der Waals surface area contributed by atoms with Crippen LogP contribution in [0.2, 0.25) is 0 Å². The van der Waals surface area contributed by atoms with Gasteiger partial charge in [0.25, 0.3) is 0 Å². The molecule has 0 unspecified atom stereocenters. The number of rotatable bonds is 14. The highest BCUT2D eigenvalue weighted by molar-refractivity contribution is 5.92. The smallest absolute Gasteiger partial charge is 0.335 e. The minimum atomic E-state index is -1.23. The van der Waals surface area contributed by atoms with Crippen LogP contribution >= 0.6 is 0 Å². The average molecular weight is 619 g/mol. The number of methoxy groups -OCH3 is 1. The van der Waals surface area contributed by atoms with Crippen molar-refractivity contribution in [1.82, 2.24) is 10.6 Å². The van der Waals surface area contributed by atoms with Crippen molar-refractivity contribution >= 4 is 23.9 Å². The van der Waals surface area contributed by atoms with E-state index in [1.807, 2.05) is 64.1 Å². The SMILES string of the molecule is CCO[C@H](C(=O)OC)[C@@H](CC=Cc1ccc(Oc2ccccc2)c(F)c1)C(=O)N[C@H](C(=O)N[C@H](C)c1ccccc1)C(C)(C)C. The van der Waals surface area contributed by atoms with E-state index in [9.17, 15) is 18.8 Å². The van der Waals surface area contributed by atoms with Gasteiger partial charge >= 0.3 is 5.97 Å². The molecule has 0 fully saturated rings. The van der Waals surface area contributed by atoms with Gasteiger partial charge in [-0.05, 0) is 61.1 Å². The third-order valence-electron chi connectivity index (χ3n) is 7.18. The minimum absolute atomic E-state index is 0.0500. The van der Waals surface area contributed by atoms with E-state index in [2.05, 4.69) is 10.6 Å². The second kappa shape index (κ2) is 16.5. The molecule has 0 bridgehead atoms. The van der Waals surface area contributed by atoms with Crippen molar-refractivity contribution in [1.29, 1.82) is 0 Å². The van der Waals surface area contributed by atoms with Crippen molar-refractivity contribution in [3.8, 4) is 11.5 Å². The monoisotopic (exact) mass is 618 g/mol. The van der Waals surface area contributed by atoms with Gasteiger partial charge in [-0.3, -0.25) is 9.59 Å². The van der Waals surface area contributed by atoms with Crippen molar-refractivity contribution in [2.75, 3.05) is 13.7 Å². The van der Waals surface area contributed by atoms with E-state index in [0.29, 0.717) is 11.3 Å². The van der Waals surface area contributed by atoms with Gasteiger partial charge < -0.3 is 24.8 Å². The van der Waals surface area contributed by atoms with Gasteiger partial charge in [-0.2, -0.15) is 0 Å². The topological polar surface area (TPSA) is 103 Å². The lowest BCUT2D eigenvalue weighted by atomic mass is 9.85. The first-order valence-electron chi connectivity index (χ1n) is 15.0. The number of nitrogens with one attached hydrogen (secondary N) is 2. The second-order valence-electron chi connectivity index (χ2n) is 11.7. The number of hydrogen-bond donors (Lipinski definition) is 2. The fourth-order valence-electron chi connectivity index (χ4n) is 4.73. The van der Waals surface area contributed by atoms with Crippen LogP contribution in [-0.2, 0) is 23.9 Å². The predicted molar refractivity (Wildman–Crippen MR) is 172 cm³/mol. The van der Waals surface area contributed by atoms with Gasteiger partial charge in [0.15, 0.2) is 17.7 Å². The number of esters is 1. The third kappa shape index (κ3) is 10.3. The number of ether oxygens (including phenoxy) is 3. The lowest BCUT2D eigenvalue weighted by Crippen LogP contribution is -2.56. The van der Waals surface area contributed by atoms with Crippen molar-refractivity contribution in [2.24, 2.45) is 11.3 Å². The molecular weight excluding hydrogens is 575 g/mol. The Morgan fingerprint density at radius 2 is 1.56 bits per heavy atom. The van der Waals surface area contributed by atoms with Crippen LogP contribution in [0.3, 0.4) is 0 Å². The van der Waals surface area contributed by atoms with Crippen molar-refractivity contribution in [2.45, 2.75) is 59.2 Å². The quantitative estimate of drug-likeness (QED) is 0.197. The van der Waals surface area contributed by atoms with E-state index in [1.165, 1.54) is 19.2 Å². The Kier molecular flexibility index (Phi) is 12.9. The summed E-state index contributed by atoms with van der Waals surface area (Å²) in [5.41, 5.74) is 0.787. The van der Waals surface area contributed by atoms with Gasteiger partial charge in [0.05, 0.1) is 19.1 Å². The molecule has 0 spiro atoms. The molecule has 0 aliphatic rings. The summed E-state index contributed by atoms with van der Waals surface area (Å²) in [7, 11) is 1.22. The zero-order valence-electron chi connectivity index (χ0n) is 26.7. The molecule has 45 heavy (non-hydrogen) atoms. The molecule has 0 aromatic heterocycles. The van der Waals surface area contributed by atoms with Gasteiger partial charge in [-0.15, -0.1) is 0 Å². The second-order valence-corrected chi connectivity index (χ2v) is 11.7. The summed E-state index contributed by atoms with van der Waals surface area (Å²) in [5, 5.41) is 5.86. The molecule has 2 amide bonds. The number of halogens is 1. The highest BCUT2D eigenvalue weighted by Gasteiger charge is 2.39. The van der Waals surface area contributed by atoms with Crippen LogP contribution in [0, 0.1) is 17.2 Å². The van der Waals surface area contributed by atoms with Crippen molar-refractivity contribution in [3.63, 3.8) is 0 Å². The van der Waals surface area contributed by atoms with Crippen molar-refractivity contribution in [3.05, 3.63) is 102 Å². The zero-order chi connectivity index (χ0) is 33.0. The molecule has 8 nitrogen and oxygen atoms in total. The molecule has 3 rings (SSSR count). The maximum absolute atomic E-state index is 14.8. The summed E-state index contributed by atoms with van der Waals surface area (Å²) >= 11 is 0. The van der Waals surface area contributed by atoms with Gasteiger partial charge in [0.1, 0.15) is 11.8 Å². The van der Waals surface area contributed by atoms with Crippen LogP contribution in [0.25, 0.3) is 6.08 Å². The van der Waals surface area contributed by atoms with Gasteiger partial charge in [0.2, 0.25) is 11.8 Å². The van der Waals surface area contributed by atoms with E-state index >= 15 is 0 Å². The Balaban J connectivity index is 1.81. The number of hydrogen-bond acceptors (Lipinski definition) is 6. The molecule has 0 heterocycles. The Morgan fingerprint density at radius 1 is 0.911 bits per heavy atom. The summed E-state index contributed by atoms with van der Waals surface area (Å²) in [6, 6.07) is 21.7. The fraction of sp³-hybridized carbons (Fsp3) is 0.361. The molecule has 240 valence electrons. The number of carbonyl (C=O) groups excluding carboxylic acids is 3. The molecule has 9 heteroatoms. The highest BCUT2D eigenvalue weighted by atomic mass is 19.1. The summed E-state index contributed by atoms with van der Waals surface area (Å²) < 4.78 is 31.1. The summed E-state index contributed by atoms with van der Waals surface area (Å²) in [6.45, 7) is 9.27. The standard InChI is InChI=1S/C36H43FN2O6/c1-7-44-31(35(42)43-6)28(20-14-15-25-21-22-30(29(37)23-25)45-27-18-12-9-13-19-27)33(40)39-32(36(3,4)5)34(41)38-24(2)26-16-10-8-11-17-26/h8-19,21-24,28,31-32H,7,20H2,1-6H3,(H,38,41)(H,39,40)/t24-,28-,31+,32-/m1/s1. The third-order valence-corrected chi connectivity index (χ3v) is 7.18. The molecule has 4 atom stereocenters. The maximum Gasteiger partial charge on any atom is 0.335 e. The summed E-state index contributed by atoms with van der Waals surface area (Å²) in [6.07, 6.45) is 2.13. The molecule has 0 radical (unpaired) electrons. The summed E-state index contributed by atoms with van der Waals surface area (Å²) in [5.74, 6) is -2.64. The predicted octanol–water partition coefficient (Wildman–Crippen LogP) is 6.62. The van der Waals surface area contributed by atoms with E-state index in [-0.39, 0.29) is 30.7 Å². The molecule has 0 aliphatic carbocycles. The number of para-hydroxylation sites is 1. The number of amides is 2. The Morgan fingerprint density at radius 3 is 2.13 bits per heavy atom. The van der Waals surface area contributed by atoms with Crippen molar-refractivity contribution < 1.29 is 33.0 Å². The molecular formula is C36H43FN2O6. The minimum Gasteiger partial charge on any atom is -0.467 e.